The Morgan fingerprint density at radius 3 is 2.92 bits per heavy atom. The van der Waals surface area contributed by atoms with E-state index in [9.17, 15) is 9.59 Å². The van der Waals surface area contributed by atoms with Crippen molar-refractivity contribution in [2.45, 2.75) is 38.4 Å². The zero-order valence-corrected chi connectivity index (χ0v) is 14.2. The molecule has 2 saturated heterocycles. The molecule has 7 heteroatoms. The van der Waals surface area contributed by atoms with Crippen LogP contribution >= 0.6 is 0 Å². The molecule has 25 heavy (non-hydrogen) atoms. The van der Waals surface area contributed by atoms with Crippen LogP contribution in [0.25, 0.3) is 0 Å². The molecule has 3 atom stereocenters. The monoisotopic (exact) mass is 342 g/mol. The first kappa shape index (κ1) is 15.9. The summed E-state index contributed by atoms with van der Waals surface area (Å²) < 4.78 is 7.12. The number of rotatable bonds is 3. The summed E-state index contributed by atoms with van der Waals surface area (Å²) in [6.45, 7) is 3.66. The van der Waals surface area contributed by atoms with Crippen LogP contribution in [0.3, 0.4) is 0 Å². The van der Waals surface area contributed by atoms with Crippen molar-refractivity contribution in [1.82, 2.24) is 19.6 Å². The number of carbonyl (C=O) groups is 2. The van der Waals surface area contributed by atoms with E-state index >= 15 is 0 Å². The van der Waals surface area contributed by atoms with E-state index < -0.39 is 0 Å². The third-order valence-corrected chi connectivity index (χ3v) is 5.36. The van der Waals surface area contributed by atoms with Crippen molar-refractivity contribution in [3.8, 4) is 0 Å². The highest BCUT2D eigenvalue weighted by Gasteiger charge is 2.46. The highest BCUT2D eigenvalue weighted by molar-refractivity contribution is 5.91. The molecule has 2 aliphatic heterocycles. The first-order chi connectivity index (χ1) is 12.1. The molecule has 4 rings (SSSR count). The van der Waals surface area contributed by atoms with Gasteiger partial charge in [-0.1, -0.05) is 0 Å². The molecular formula is C18H22N4O3. The molecule has 4 heterocycles. The molecule has 132 valence electrons. The van der Waals surface area contributed by atoms with E-state index in [0.717, 1.165) is 12.8 Å². The Balaban J connectivity index is 1.49. The number of hydrogen-bond donors (Lipinski definition) is 0. The minimum absolute atomic E-state index is 0.0617. The lowest BCUT2D eigenvalue weighted by Gasteiger charge is -2.38. The molecule has 2 aromatic rings. The third kappa shape index (κ3) is 2.94. The minimum Gasteiger partial charge on any atom is -0.459 e. The predicted octanol–water partition coefficient (Wildman–Crippen LogP) is 1.63. The summed E-state index contributed by atoms with van der Waals surface area (Å²) >= 11 is 0. The second-order valence-corrected chi connectivity index (χ2v) is 6.89. The van der Waals surface area contributed by atoms with Crippen molar-refractivity contribution in [2.75, 3.05) is 13.1 Å². The van der Waals surface area contributed by atoms with Gasteiger partial charge in [0.1, 0.15) is 0 Å². The van der Waals surface area contributed by atoms with Crippen molar-refractivity contribution in [3.63, 3.8) is 0 Å². The zero-order chi connectivity index (χ0) is 17.4. The molecule has 0 aromatic carbocycles. The second-order valence-electron chi connectivity index (χ2n) is 6.89. The van der Waals surface area contributed by atoms with Gasteiger partial charge in [-0.25, -0.2) is 0 Å². The Bertz CT molecular complexity index is 740. The van der Waals surface area contributed by atoms with Crippen LogP contribution in [0.5, 0.6) is 0 Å². The average Bonchev–Trinajstić information content (AvgIpc) is 3.34. The van der Waals surface area contributed by atoms with Crippen molar-refractivity contribution < 1.29 is 14.0 Å². The topological polar surface area (TPSA) is 71.6 Å². The molecule has 2 amide bonds. The number of aromatic nitrogens is 2. The molecule has 7 nitrogen and oxygen atoms in total. The molecule has 0 bridgehead atoms. The van der Waals surface area contributed by atoms with Gasteiger partial charge in [0.2, 0.25) is 5.91 Å². The van der Waals surface area contributed by atoms with Gasteiger partial charge in [0.05, 0.1) is 18.8 Å². The molecule has 2 fully saturated rings. The summed E-state index contributed by atoms with van der Waals surface area (Å²) in [5.74, 6) is 0.730. The normalized spacial score (nSPS) is 25.9. The Morgan fingerprint density at radius 2 is 2.24 bits per heavy atom. The van der Waals surface area contributed by atoms with E-state index in [1.54, 1.807) is 25.3 Å². The Morgan fingerprint density at radius 1 is 1.36 bits per heavy atom. The summed E-state index contributed by atoms with van der Waals surface area (Å²) in [5.41, 5.74) is 0. The molecule has 0 unspecified atom stereocenters. The molecule has 2 aromatic heterocycles. The predicted molar refractivity (Wildman–Crippen MR) is 89.7 cm³/mol. The van der Waals surface area contributed by atoms with Crippen LogP contribution < -0.4 is 0 Å². The van der Waals surface area contributed by atoms with Crippen molar-refractivity contribution >= 4 is 11.8 Å². The van der Waals surface area contributed by atoms with Crippen LogP contribution in [-0.4, -0.2) is 56.6 Å². The number of furan rings is 1. The molecule has 0 saturated carbocycles. The van der Waals surface area contributed by atoms with Crippen LogP contribution in [0, 0.1) is 5.92 Å². The first-order valence-electron chi connectivity index (χ1n) is 8.72. The molecule has 0 N–H and O–H groups in total. The molecular weight excluding hydrogens is 320 g/mol. The fourth-order valence-electron chi connectivity index (χ4n) is 4.37. The van der Waals surface area contributed by atoms with Gasteiger partial charge < -0.3 is 14.2 Å². The quantitative estimate of drug-likeness (QED) is 0.850. The van der Waals surface area contributed by atoms with Crippen molar-refractivity contribution in [2.24, 2.45) is 5.92 Å². The largest absolute Gasteiger partial charge is 0.459 e. The SMILES string of the molecule is CC(=O)N1[C@H](Cn2cccn2)C[C@@H]2CN(C(=O)c3ccco3)CC[C@@H]21. The third-order valence-electron chi connectivity index (χ3n) is 5.36. The van der Waals surface area contributed by atoms with Gasteiger partial charge in [-0.2, -0.15) is 5.10 Å². The second kappa shape index (κ2) is 6.38. The maximum atomic E-state index is 12.5. The lowest BCUT2D eigenvalue weighted by atomic mass is 9.92. The number of likely N-dealkylation sites (tertiary alicyclic amines) is 2. The van der Waals surface area contributed by atoms with Crippen LogP contribution in [0.15, 0.2) is 41.3 Å². The van der Waals surface area contributed by atoms with E-state index in [4.69, 9.17) is 4.42 Å². The summed E-state index contributed by atoms with van der Waals surface area (Å²) in [6.07, 6.45) is 6.91. The zero-order valence-electron chi connectivity index (χ0n) is 14.2. The van der Waals surface area contributed by atoms with Crippen LogP contribution in [0.2, 0.25) is 0 Å². The smallest absolute Gasteiger partial charge is 0.289 e. The van der Waals surface area contributed by atoms with Crippen LogP contribution in [0.4, 0.5) is 0 Å². The van der Waals surface area contributed by atoms with Gasteiger partial charge in [-0.3, -0.25) is 14.3 Å². The van der Waals surface area contributed by atoms with E-state index in [2.05, 4.69) is 5.10 Å². The fourth-order valence-corrected chi connectivity index (χ4v) is 4.37. The molecule has 0 spiro atoms. The Kier molecular flexibility index (Phi) is 4.07. The Labute approximate surface area is 146 Å². The van der Waals surface area contributed by atoms with Gasteiger partial charge in [0.15, 0.2) is 5.76 Å². The van der Waals surface area contributed by atoms with Crippen molar-refractivity contribution in [1.29, 1.82) is 0 Å². The lowest BCUT2D eigenvalue weighted by Crippen LogP contribution is -2.50. The number of nitrogens with zero attached hydrogens (tertiary/aromatic N) is 4. The summed E-state index contributed by atoms with van der Waals surface area (Å²) in [4.78, 5) is 28.7. The molecule has 0 radical (unpaired) electrons. The number of fused-ring (bicyclic) bond motifs is 1. The van der Waals surface area contributed by atoms with E-state index in [0.29, 0.717) is 31.3 Å². The lowest BCUT2D eigenvalue weighted by molar-refractivity contribution is -0.132. The minimum atomic E-state index is -0.0617. The van der Waals surface area contributed by atoms with Gasteiger partial charge >= 0.3 is 0 Å². The number of carbonyl (C=O) groups excluding carboxylic acids is 2. The van der Waals surface area contributed by atoms with E-state index in [-0.39, 0.29) is 23.9 Å². The maximum absolute atomic E-state index is 12.5. The number of piperidine rings is 1. The van der Waals surface area contributed by atoms with Gasteiger partial charge in [-0.15, -0.1) is 0 Å². The van der Waals surface area contributed by atoms with Crippen molar-refractivity contribution in [3.05, 3.63) is 42.6 Å². The highest BCUT2D eigenvalue weighted by atomic mass is 16.3. The van der Waals surface area contributed by atoms with E-state index in [1.165, 1.54) is 6.26 Å². The van der Waals surface area contributed by atoms with Crippen LogP contribution in [0.1, 0.15) is 30.3 Å². The summed E-state index contributed by atoms with van der Waals surface area (Å²) in [6, 6.07) is 5.66. The van der Waals surface area contributed by atoms with Gasteiger partial charge in [-0.05, 0) is 37.0 Å². The van der Waals surface area contributed by atoms with E-state index in [1.807, 2.05) is 26.7 Å². The first-order valence-corrected chi connectivity index (χ1v) is 8.72. The fraction of sp³-hybridized carbons (Fsp3) is 0.500. The molecule has 0 aliphatic carbocycles. The Hall–Kier alpha value is -2.57. The number of hydrogen-bond acceptors (Lipinski definition) is 4. The number of amides is 2. The van der Waals surface area contributed by atoms with Gasteiger partial charge in [0.25, 0.3) is 5.91 Å². The molecule has 2 aliphatic rings. The van der Waals surface area contributed by atoms with Gasteiger partial charge in [0, 0.05) is 38.4 Å². The summed E-state index contributed by atoms with van der Waals surface area (Å²) in [7, 11) is 0. The maximum Gasteiger partial charge on any atom is 0.289 e. The average molecular weight is 342 g/mol. The highest BCUT2D eigenvalue weighted by Crippen LogP contribution is 2.36. The summed E-state index contributed by atoms with van der Waals surface area (Å²) in [5, 5.41) is 4.27. The van der Waals surface area contributed by atoms with Crippen LogP contribution in [-0.2, 0) is 11.3 Å². The standard InChI is InChI=1S/C18H22N4O3/c1-13(23)22-15(12-21-7-3-6-19-21)10-14-11-20(8-5-16(14)22)18(24)17-4-2-9-25-17/h2-4,6-7,9,14-16H,5,8,10-12H2,1H3/t14-,15+,16+/m1/s1.